The average Bonchev–Trinajstić information content (AvgIpc) is 2.81. The number of benzene rings is 2. The minimum atomic E-state index is -1.04. The number of β-amino-alcohol motifs (C(OH)–C–C–N with tert-alkyl or cyclic N) is 1. The molecule has 2 aromatic carbocycles. The number of aliphatic hydroxyl groups is 1. The number of carbonyl (C=O) groups is 2. The predicted molar refractivity (Wildman–Crippen MR) is 123 cm³/mol. The van der Waals surface area contributed by atoms with Crippen molar-refractivity contribution in [2.75, 3.05) is 33.4 Å². The molecule has 2 fully saturated rings. The van der Waals surface area contributed by atoms with Crippen LogP contribution in [0.3, 0.4) is 0 Å². The molecule has 0 bridgehead atoms. The summed E-state index contributed by atoms with van der Waals surface area (Å²) in [4.78, 5) is 30.6. The van der Waals surface area contributed by atoms with Gasteiger partial charge in [-0.15, -0.1) is 0 Å². The van der Waals surface area contributed by atoms with Crippen LogP contribution in [-0.4, -0.2) is 70.7 Å². The number of nitrogens with zero attached hydrogens (tertiary/aromatic N) is 3. The summed E-state index contributed by atoms with van der Waals surface area (Å²) in [6.45, 7) is 1.84. The largest absolute Gasteiger partial charge is 0.388 e. The maximum Gasteiger partial charge on any atom is 0.320 e. The molecule has 2 heterocycles. The molecular weight excluding hydrogens is 423 g/mol. The fourth-order valence-corrected chi connectivity index (χ4v) is 4.60. The van der Waals surface area contributed by atoms with Crippen molar-refractivity contribution in [2.45, 2.75) is 37.5 Å². The summed E-state index contributed by atoms with van der Waals surface area (Å²) in [6.07, 6.45) is 0.947. The van der Waals surface area contributed by atoms with Gasteiger partial charge >= 0.3 is 6.03 Å². The average molecular weight is 455 g/mol. The summed E-state index contributed by atoms with van der Waals surface area (Å²) in [7, 11) is 1.78. The third-order valence-electron chi connectivity index (χ3n) is 6.58. The summed E-state index contributed by atoms with van der Waals surface area (Å²) in [5.74, 6) is -0.444. The fraction of sp³-hybridized carbons (Fsp3) is 0.440. The Morgan fingerprint density at radius 1 is 1.15 bits per heavy atom. The number of hydrogen-bond donors (Lipinski definition) is 2. The molecule has 1 unspecified atom stereocenters. The van der Waals surface area contributed by atoms with Crippen molar-refractivity contribution in [1.29, 1.82) is 0 Å². The minimum absolute atomic E-state index is 0.0654. The Bertz CT molecular complexity index is 979. The molecule has 7 nitrogen and oxygen atoms in total. The highest BCUT2D eigenvalue weighted by atomic mass is 19.1. The minimum Gasteiger partial charge on any atom is -0.388 e. The van der Waals surface area contributed by atoms with Crippen molar-refractivity contribution >= 4 is 11.9 Å². The van der Waals surface area contributed by atoms with Gasteiger partial charge in [0, 0.05) is 44.7 Å². The molecule has 3 amide bonds. The molecule has 0 radical (unpaired) electrons. The highest BCUT2D eigenvalue weighted by molar-refractivity contribution is 5.78. The molecule has 2 N–H and O–H groups in total. The van der Waals surface area contributed by atoms with E-state index in [0.29, 0.717) is 38.0 Å². The van der Waals surface area contributed by atoms with Crippen LogP contribution < -0.4 is 5.32 Å². The van der Waals surface area contributed by atoms with Crippen molar-refractivity contribution in [3.8, 4) is 0 Å². The monoisotopic (exact) mass is 454 g/mol. The lowest BCUT2D eigenvalue weighted by atomic mass is 9.90. The van der Waals surface area contributed by atoms with Gasteiger partial charge < -0.3 is 19.8 Å². The van der Waals surface area contributed by atoms with E-state index in [1.165, 1.54) is 6.07 Å². The number of hydrogen-bond acceptors (Lipinski definition) is 4. The maximum atomic E-state index is 14.1. The van der Waals surface area contributed by atoms with E-state index in [-0.39, 0.29) is 43.4 Å². The van der Waals surface area contributed by atoms with Gasteiger partial charge in [-0.25, -0.2) is 9.18 Å². The van der Waals surface area contributed by atoms with E-state index < -0.39 is 5.60 Å². The second-order valence-electron chi connectivity index (χ2n) is 9.07. The van der Waals surface area contributed by atoms with Gasteiger partial charge in [-0.2, -0.15) is 0 Å². The Balaban J connectivity index is 1.28. The van der Waals surface area contributed by atoms with E-state index in [1.807, 2.05) is 30.3 Å². The summed E-state index contributed by atoms with van der Waals surface area (Å²) in [6, 6.07) is 15.8. The Morgan fingerprint density at radius 2 is 1.82 bits per heavy atom. The first-order valence-corrected chi connectivity index (χ1v) is 11.4. The van der Waals surface area contributed by atoms with Crippen molar-refractivity contribution in [2.24, 2.45) is 0 Å². The van der Waals surface area contributed by atoms with Crippen molar-refractivity contribution in [1.82, 2.24) is 20.0 Å². The SMILES string of the molecule is CN(Cc1ccccc1)C(=O)N1CCC(O)(CN2CNC(c3ccccc3F)CC2=O)CC1. The third kappa shape index (κ3) is 5.51. The second-order valence-corrected chi connectivity index (χ2v) is 9.07. The van der Waals surface area contributed by atoms with Gasteiger partial charge in [0.1, 0.15) is 5.82 Å². The molecule has 4 rings (SSSR count). The normalized spacial score (nSPS) is 20.6. The zero-order valence-electron chi connectivity index (χ0n) is 18.9. The Labute approximate surface area is 193 Å². The van der Waals surface area contributed by atoms with Crippen LogP contribution in [0.5, 0.6) is 0 Å². The first kappa shape index (κ1) is 23.2. The zero-order chi connectivity index (χ0) is 23.4. The molecule has 8 heteroatoms. The summed E-state index contributed by atoms with van der Waals surface area (Å²) < 4.78 is 14.1. The van der Waals surface area contributed by atoms with E-state index in [4.69, 9.17) is 0 Å². The summed E-state index contributed by atoms with van der Waals surface area (Å²) in [5.41, 5.74) is 0.499. The molecule has 1 atom stereocenters. The van der Waals surface area contributed by atoms with Gasteiger partial charge in [0.25, 0.3) is 0 Å². The quantitative estimate of drug-likeness (QED) is 0.729. The van der Waals surface area contributed by atoms with E-state index in [1.54, 1.807) is 39.9 Å². The molecule has 2 aliphatic rings. The standard InChI is InChI=1S/C25H31FN4O3/c1-28(16-19-7-3-2-4-8-19)24(32)29-13-11-25(33,12-14-29)17-30-18-27-22(15-23(30)31)20-9-5-6-10-21(20)26/h2-10,22,27,33H,11-18H2,1H3. The molecule has 0 saturated carbocycles. The number of piperidine rings is 1. The molecule has 33 heavy (non-hydrogen) atoms. The molecular formula is C25H31FN4O3. The lowest BCUT2D eigenvalue weighted by molar-refractivity contribution is -0.140. The highest BCUT2D eigenvalue weighted by Gasteiger charge is 2.39. The number of rotatable bonds is 5. The Kier molecular flexibility index (Phi) is 6.95. The Hall–Kier alpha value is -2.97. The third-order valence-corrected chi connectivity index (χ3v) is 6.58. The van der Waals surface area contributed by atoms with Gasteiger partial charge in [0.2, 0.25) is 5.91 Å². The van der Waals surface area contributed by atoms with Crippen LogP contribution in [-0.2, 0) is 11.3 Å². The van der Waals surface area contributed by atoms with Crippen LogP contribution in [0.25, 0.3) is 0 Å². The molecule has 176 valence electrons. The molecule has 0 aromatic heterocycles. The van der Waals surface area contributed by atoms with Crippen molar-refractivity contribution in [3.63, 3.8) is 0 Å². The first-order valence-electron chi connectivity index (χ1n) is 11.4. The summed E-state index contributed by atoms with van der Waals surface area (Å²) >= 11 is 0. The van der Waals surface area contributed by atoms with Crippen LogP contribution >= 0.6 is 0 Å². The topological polar surface area (TPSA) is 76.1 Å². The zero-order valence-corrected chi connectivity index (χ0v) is 18.9. The van der Waals surface area contributed by atoms with Gasteiger partial charge in [-0.05, 0) is 24.5 Å². The molecule has 0 spiro atoms. The van der Waals surface area contributed by atoms with Gasteiger partial charge in [0.05, 0.1) is 18.8 Å². The van der Waals surface area contributed by atoms with Crippen LogP contribution in [0.2, 0.25) is 0 Å². The highest BCUT2D eigenvalue weighted by Crippen LogP contribution is 2.28. The van der Waals surface area contributed by atoms with Crippen molar-refractivity contribution < 1.29 is 19.1 Å². The van der Waals surface area contributed by atoms with E-state index in [9.17, 15) is 19.1 Å². The van der Waals surface area contributed by atoms with Crippen LogP contribution in [0.15, 0.2) is 54.6 Å². The van der Waals surface area contributed by atoms with Gasteiger partial charge in [0.15, 0.2) is 0 Å². The second kappa shape index (κ2) is 9.89. The Morgan fingerprint density at radius 3 is 2.48 bits per heavy atom. The lowest BCUT2D eigenvalue weighted by Gasteiger charge is -2.43. The van der Waals surface area contributed by atoms with Crippen molar-refractivity contribution in [3.05, 3.63) is 71.5 Å². The van der Waals surface area contributed by atoms with Crippen LogP contribution in [0, 0.1) is 5.82 Å². The number of halogens is 1. The molecule has 2 aliphatic heterocycles. The lowest BCUT2D eigenvalue weighted by Crippen LogP contribution is -2.57. The van der Waals surface area contributed by atoms with Crippen LogP contribution in [0.1, 0.15) is 36.4 Å². The molecule has 0 aliphatic carbocycles. The molecule has 2 aromatic rings. The predicted octanol–water partition coefficient (Wildman–Crippen LogP) is 2.73. The summed E-state index contributed by atoms with van der Waals surface area (Å²) in [5, 5.41) is 14.3. The van der Waals surface area contributed by atoms with Crippen LogP contribution in [0.4, 0.5) is 9.18 Å². The number of carbonyl (C=O) groups excluding carboxylic acids is 2. The number of likely N-dealkylation sites (tertiary alicyclic amines) is 1. The first-order chi connectivity index (χ1) is 15.8. The van der Waals surface area contributed by atoms with Gasteiger partial charge in [-0.3, -0.25) is 10.1 Å². The number of nitrogens with one attached hydrogen (secondary N) is 1. The number of urea groups is 1. The maximum absolute atomic E-state index is 14.1. The van der Waals surface area contributed by atoms with E-state index >= 15 is 0 Å². The van der Waals surface area contributed by atoms with E-state index in [2.05, 4.69) is 5.32 Å². The number of amides is 3. The smallest absolute Gasteiger partial charge is 0.320 e. The fourth-order valence-electron chi connectivity index (χ4n) is 4.60. The molecule has 2 saturated heterocycles. The van der Waals surface area contributed by atoms with E-state index in [0.717, 1.165) is 5.56 Å². The van der Waals surface area contributed by atoms with Gasteiger partial charge in [-0.1, -0.05) is 48.5 Å².